The van der Waals surface area contributed by atoms with Gasteiger partial charge in [0.05, 0.1) is 19.8 Å². The number of hydrogen-bond acceptors (Lipinski definition) is 5. The van der Waals surface area contributed by atoms with E-state index in [-0.39, 0.29) is 22.9 Å². The van der Waals surface area contributed by atoms with Gasteiger partial charge < -0.3 is 19.7 Å². The zero-order valence-corrected chi connectivity index (χ0v) is 11.2. The molecule has 0 fully saturated rings. The Morgan fingerprint density at radius 2 is 1.90 bits per heavy atom. The summed E-state index contributed by atoms with van der Waals surface area (Å²) in [6.07, 6.45) is 0. The van der Waals surface area contributed by atoms with E-state index in [0.29, 0.717) is 11.3 Å². The predicted molar refractivity (Wildman–Crippen MR) is 69.0 cm³/mol. The molecule has 0 spiro atoms. The first-order chi connectivity index (χ1) is 9.36. The SMILES string of the molecule is COc1cc(-c2cc(N)on2)cc(C(C)(F)F)c1OC. The largest absolute Gasteiger partial charge is 0.493 e. The lowest BCUT2D eigenvalue weighted by Crippen LogP contribution is -2.10. The molecule has 0 bridgehead atoms. The van der Waals surface area contributed by atoms with Crippen molar-refractivity contribution in [1.82, 2.24) is 5.16 Å². The van der Waals surface area contributed by atoms with Gasteiger partial charge in [-0.2, -0.15) is 0 Å². The van der Waals surface area contributed by atoms with Crippen LogP contribution in [0.1, 0.15) is 12.5 Å². The third-order valence-corrected chi connectivity index (χ3v) is 2.78. The second-order valence-corrected chi connectivity index (χ2v) is 4.26. The molecule has 7 heteroatoms. The maximum absolute atomic E-state index is 13.7. The molecular formula is C13H14F2N2O3. The van der Waals surface area contributed by atoms with Gasteiger partial charge in [0.2, 0.25) is 5.88 Å². The first-order valence-electron chi connectivity index (χ1n) is 5.73. The van der Waals surface area contributed by atoms with Gasteiger partial charge in [-0.1, -0.05) is 5.16 Å². The highest BCUT2D eigenvalue weighted by Crippen LogP contribution is 2.43. The molecule has 1 aromatic heterocycles. The van der Waals surface area contributed by atoms with E-state index < -0.39 is 5.92 Å². The van der Waals surface area contributed by atoms with Crippen molar-refractivity contribution < 1.29 is 22.8 Å². The lowest BCUT2D eigenvalue weighted by Gasteiger charge is -2.18. The van der Waals surface area contributed by atoms with Gasteiger partial charge in [-0.25, -0.2) is 8.78 Å². The third kappa shape index (κ3) is 2.52. The maximum Gasteiger partial charge on any atom is 0.274 e. The Hall–Kier alpha value is -2.31. The Morgan fingerprint density at radius 3 is 2.35 bits per heavy atom. The number of nitrogen functional groups attached to an aromatic ring is 1. The first-order valence-corrected chi connectivity index (χ1v) is 5.73. The summed E-state index contributed by atoms with van der Waals surface area (Å²) in [6, 6.07) is 4.25. The molecule has 0 aliphatic rings. The molecule has 0 radical (unpaired) electrons. The van der Waals surface area contributed by atoms with E-state index in [1.807, 2.05) is 0 Å². The fraction of sp³-hybridized carbons (Fsp3) is 0.308. The summed E-state index contributed by atoms with van der Waals surface area (Å²) >= 11 is 0. The van der Waals surface area contributed by atoms with Gasteiger partial charge in [-0.15, -0.1) is 0 Å². The number of halogens is 2. The van der Waals surface area contributed by atoms with Crippen LogP contribution in [0.4, 0.5) is 14.7 Å². The standard InChI is InChI=1S/C13H14F2N2O3/c1-13(14,15)8-4-7(9-6-11(16)20-17-9)5-10(18-2)12(8)19-3/h4-6H,16H2,1-3H3. The molecule has 2 aromatic rings. The average molecular weight is 284 g/mol. The molecule has 0 amide bonds. The Kier molecular flexibility index (Phi) is 3.52. The molecular weight excluding hydrogens is 270 g/mol. The van der Waals surface area contributed by atoms with Gasteiger partial charge >= 0.3 is 0 Å². The number of alkyl halides is 2. The van der Waals surface area contributed by atoms with Crippen LogP contribution < -0.4 is 15.2 Å². The van der Waals surface area contributed by atoms with Gasteiger partial charge in [0.1, 0.15) is 5.69 Å². The number of nitrogens with two attached hydrogens (primary N) is 1. The van der Waals surface area contributed by atoms with Crippen molar-refractivity contribution in [2.24, 2.45) is 0 Å². The molecule has 0 unspecified atom stereocenters. The minimum Gasteiger partial charge on any atom is -0.493 e. The summed E-state index contributed by atoms with van der Waals surface area (Å²) in [5, 5.41) is 3.70. The van der Waals surface area contributed by atoms with E-state index in [1.165, 1.54) is 32.4 Å². The van der Waals surface area contributed by atoms with E-state index in [0.717, 1.165) is 6.92 Å². The number of benzene rings is 1. The van der Waals surface area contributed by atoms with Crippen LogP contribution in [0.25, 0.3) is 11.3 Å². The summed E-state index contributed by atoms with van der Waals surface area (Å²) in [4.78, 5) is 0. The molecule has 2 N–H and O–H groups in total. The molecule has 1 heterocycles. The number of rotatable bonds is 4. The van der Waals surface area contributed by atoms with Crippen LogP contribution in [0.15, 0.2) is 22.7 Å². The molecule has 0 aliphatic heterocycles. The number of methoxy groups -OCH3 is 2. The van der Waals surface area contributed by atoms with Gasteiger partial charge in [-0.05, 0) is 12.1 Å². The highest BCUT2D eigenvalue weighted by atomic mass is 19.3. The summed E-state index contributed by atoms with van der Waals surface area (Å²) in [5.74, 6) is -2.83. The van der Waals surface area contributed by atoms with Crippen LogP contribution in [0.2, 0.25) is 0 Å². The van der Waals surface area contributed by atoms with E-state index in [9.17, 15) is 8.78 Å². The Morgan fingerprint density at radius 1 is 1.20 bits per heavy atom. The molecule has 20 heavy (non-hydrogen) atoms. The summed E-state index contributed by atoms with van der Waals surface area (Å²) in [7, 11) is 2.68. The molecule has 0 atom stereocenters. The lowest BCUT2D eigenvalue weighted by atomic mass is 10.0. The molecule has 108 valence electrons. The van der Waals surface area contributed by atoms with Gasteiger partial charge in [0.25, 0.3) is 5.92 Å². The van der Waals surface area contributed by atoms with Crippen molar-refractivity contribution >= 4 is 5.88 Å². The van der Waals surface area contributed by atoms with Crippen LogP contribution in [0.3, 0.4) is 0 Å². The van der Waals surface area contributed by atoms with E-state index in [1.54, 1.807) is 0 Å². The van der Waals surface area contributed by atoms with Crippen molar-refractivity contribution in [3.05, 3.63) is 23.8 Å². The topological polar surface area (TPSA) is 70.5 Å². The number of aromatic nitrogens is 1. The minimum atomic E-state index is -3.09. The Bertz CT molecular complexity index is 621. The second-order valence-electron chi connectivity index (χ2n) is 4.26. The fourth-order valence-corrected chi connectivity index (χ4v) is 1.86. The molecule has 0 saturated carbocycles. The average Bonchev–Trinajstić information content (AvgIpc) is 2.82. The smallest absolute Gasteiger partial charge is 0.274 e. The highest BCUT2D eigenvalue weighted by molar-refractivity contribution is 5.68. The van der Waals surface area contributed by atoms with E-state index in [2.05, 4.69) is 5.16 Å². The Labute approximate surface area is 114 Å². The molecule has 0 saturated heterocycles. The quantitative estimate of drug-likeness (QED) is 0.934. The molecule has 0 aliphatic carbocycles. The van der Waals surface area contributed by atoms with Crippen LogP contribution in [-0.4, -0.2) is 19.4 Å². The lowest BCUT2D eigenvalue weighted by molar-refractivity contribution is 0.0148. The first kappa shape index (κ1) is 14.1. The number of hydrogen-bond donors (Lipinski definition) is 1. The number of ether oxygens (including phenoxy) is 2. The number of anilines is 1. The van der Waals surface area contributed by atoms with Crippen molar-refractivity contribution in [3.63, 3.8) is 0 Å². The van der Waals surface area contributed by atoms with Crippen molar-refractivity contribution in [3.8, 4) is 22.8 Å². The zero-order valence-electron chi connectivity index (χ0n) is 11.2. The predicted octanol–water partition coefficient (Wildman–Crippen LogP) is 3.05. The third-order valence-electron chi connectivity index (χ3n) is 2.78. The van der Waals surface area contributed by atoms with Crippen LogP contribution >= 0.6 is 0 Å². The minimum absolute atomic E-state index is 0.0137. The van der Waals surface area contributed by atoms with E-state index in [4.69, 9.17) is 19.7 Å². The Balaban J connectivity index is 2.67. The van der Waals surface area contributed by atoms with Gasteiger partial charge in [-0.3, -0.25) is 0 Å². The monoisotopic (exact) mass is 284 g/mol. The molecule has 1 aromatic carbocycles. The van der Waals surface area contributed by atoms with Gasteiger partial charge in [0, 0.05) is 18.6 Å². The molecule has 5 nitrogen and oxygen atoms in total. The van der Waals surface area contributed by atoms with Crippen LogP contribution in [0.5, 0.6) is 11.5 Å². The van der Waals surface area contributed by atoms with E-state index >= 15 is 0 Å². The zero-order chi connectivity index (χ0) is 14.9. The molecule has 2 rings (SSSR count). The summed E-state index contributed by atoms with van der Waals surface area (Å²) in [6.45, 7) is 0.783. The maximum atomic E-state index is 13.7. The van der Waals surface area contributed by atoms with Crippen molar-refractivity contribution in [1.29, 1.82) is 0 Å². The van der Waals surface area contributed by atoms with Gasteiger partial charge in [0.15, 0.2) is 11.5 Å². The summed E-state index contributed by atoms with van der Waals surface area (Å²) in [5.41, 5.74) is 5.88. The number of nitrogens with zero attached hydrogens (tertiary/aromatic N) is 1. The summed E-state index contributed by atoms with van der Waals surface area (Å²) < 4.78 is 42.3. The second kappa shape index (κ2) is 4.99. The van der Waals surface area contributed by atoms with Crippen LogP contribution in [0, 0.1) is 0 Å². The van der Waals surface area contributed by atoms with Crippen molar-refractivity contribution in [2.45, 2.75) is 12.8 Å². The normalized spacial score (nSPS) is 11.4. The van der Waals surface area contributed by atoms with Crippen LogP contribution in [-0.2, 0) is 5.92 Å². The fourth-order valence-electron chi connectivity index (χ4n) is 1.86. The van der Waals surface area contributed by atoms with Crippen molar-refractivity contribution in [2.75, 3.05) is 20.0 Å². The highest BCUT2D eigenvalue weighted by Gasteiger charge is 2.31.